The number of Topliss-reactive ketones (excluding diaryl/α,β-unsaturated/α-hetero) is 1. The lowest BCUT2D eigenvalue weighted by Crippen LogP contribution is -2.09. The van der Waals surface area contributed by atoms with Crippen LogP contribution in [0.25, 0.3) is 22.3 Å². The summed E-state index contributed by atoms with van der Waals surface area (Å²) in [7, 11) is 0. The van der Waals surface area contributed by atoms with Gasteiger partial charge in [0.15, 0.2) is 6.61 Å². The van der Waals surface area contributed by atoms with Crippen molar-refractivity contribution < 1.29 is 9.53 Å². The highest BCUT2D eigenvalue weighted by molar-refractivity contribution is 7.12. The van der Waals surface area contributed by atoms with E-state index in [1.807, 2.05) is 60.0 Å². The monoisotopic (exact) mass is 346 g/mol. The Morgan fingerprint density at radius 2 is 1.76 bits per heavy atom. The van der Waals surface area contributed by atoms with Gasteiger partial charge >= 0.3 is 0 Å². The van der Waals surface area contributed by atoms with Crippen molar-refractivity contribution >= 4 is 28.2 Å². The number of carbonyl (C=O) groups is 1. The molecule has 0 spiro atoms. The molecule has 0 atom stereocenters. The van der Waals surface area contributed by atoms with Gasteiger partial charge in [0.05, 0.1) is 27.8 Å². The van der Waals surface area contributed by atoms with Gasteiger partial charge in [-0.15, -0.1) is 11.3 Å². The minimum absolute atomic E-state index is 0.0144. The van der Waals surface area contributed by atoms with E-state index >= 15 is 0 Å². The molecule has 2 aromatic heterocycles. The van der Waals surface area contributed by atoms with Gasteiger partial charge in [0.25, 0.3) is 0 Å². The van der Waals surface area contributed by atoms with Crippen LogP contribution in [0.1, 0.15) is 9.67 Å². The van der Waals surface area contributed by atoms with Gasteiger partial charge in [-0.25, -0.2) is 4.98 Å². The molecule has 0 radical (unpaired) electrons. The Kier molecular flexibility index (Phi) is 4.23. The number of carbonyl (C=O) groups excluding carboxylic acids is 1. The van der Waals surface area contributed by atoms with E-state index in [0.29, 0.717) is 10.6 Å². The molecule has 0 unspecified atom stereocenters. The maximum absolute atomic E-state index is 12.0. The number of ether oxygens (including phenoxy) is 1. The van der Waals surface area contributed by atoms with Crippen molar-refractivity contribution in [1.29, 1.82) is 0 Å². The number of ketones is 1. The largest absolute Gasteiger partial charge is 0.485 e. The van der Waals surface area contributed by atoms with Gasteiger partial charge < -0.3 is 4.74 Å². The molecule has 0 amide bonds. The molecule has 4 nitrogen and oxygen atoms in total. The summed E-state index contributed by atoms with van der Waals surface area (Å²) in [6.45, 7) is 0.0373. The van der Waals surface area contributed by atoms with Crippen LogP contribution >= 0.6 is 11.3 Å². The Balaban J connectivity index is 1.48. The molecule has 5 heteroatoms. The standard InChI is InChI=1S/C20H14N2O2S/c23-19(20-6-3-11-25-20)13-24-15-9-7-14(8-10-15)18-12-21-16-4-1-2-5-17(16)22-18/h1-12H,13H2. The lowest BCUT2D eigenvalue weighted by Gasteiger charge is -2.06. The third kappa shape index (κ3) is 3.41. The number of aromatic nitrogens is 2. The van der Waals surface area contributed by atoms with Crippen LogP contribution in [0.5, 0.6) is 5.75 Å². The first-order valence-corrected chi connectivity index (χ1v) is 8.69. The Hall–Kier alpha value is -3.05. The van der Waals surface area contributed by atoms with E-state index in [2.05, 4.69) is 9.97 Å². The van der Waals surface area contributed by atoms with Gasteiger partial charge in [-0.1, -0.05) is 18.2 Å². The molecule has 0 saturated heterocycles. The average Bonchev–Trinajstić information content (AvgIpc) is 3.21. The first-order valence-electron chi connectivity index (χ1n) is 7.81. The summed E-state index contributed by atoms with van der Waals surface area (Å²) in [5.74, 6) is 0.641. The summed E-state index contributed by atoms with van der Waals surface area (Å²) in [4.78, 5) is 21.7. The van der Waals surface area contributed by atoms with E-state index in [1.165, 1.54) is 11.3 Å². The molecule has 0 aliphatic heterocycles. The summed E-state index contributed by atoms with van der Waals surface area (Å²) in [6.07, 6.45) is 1.76. The summed E-state index contributed by atoms with van der Waals surface area (Å²) < 4.78 is 5.57. The SMILES string of the molecule is O=C(COc1ccc(-c2cnc3ccccc3n2)cc1)c1cccs1. The van der Waals surface area contributed by atoms with Crippen molar-refractivity contribution in [3.05, 3.63) is 77.1 Å². The molecule has 0 bridgehead atoms. The fraction of sp³-hybridized carbons (Fsp3) is 0.0500. The Labute approximate surface area is 148 Å². The number of benzene rings is 2. The predicted octanol–water partition coefficient (Wildman–Crippen LogP) is 4.62. The zero-order valence-electron chi connectivity index (χ0n) is 13.3. The quantitative estimate of drug-likeness (QED) is 0.495. The first kappa shape index (κ1) is 15.5. The highest BCUT2D eigenvalue weighted by Gasteiger charge is 2.08. The number of nitrogens with zero attached hydrogens (tertiary/aromatic N) is 2. The third-order valence-electron chi connectivity index (χ3n) is 3.76. The summed E-state index contributed by atoms with van der Waals surface area (Å²) in [5, 5.41) is 1.88. The van der Waals surface area contributed by atoms with Crippen molar-refractivity contribution in [2.75, 3.05) is 6.61 Å². The van der Waals surface area contributed by atoms with Crippen LogP contribution in [0.3, 0.4) is 0 Å². The van der Waals surface area contributed by atoms with Gasteiger partial charge in [0, 0.05) is 5.56 Å². The molecule has 0 N–H and O–H groups in total. The molecule has 0 aliphatic carbocycles. The van der Waals surface area contributed by atoms with Gasteiger partial charge in [0.2, 0.25) is 5.78 Å². The molecule has 0 aliphatic rings. The minimum Gasteiger partial charge on any atom is -0.485 e. The second-order valence-electron chi connectivity index (χ2n) is 5.46. The Morgan fingerprint density at radius 1 is 0.960 bits per heavy atom. The minimum atomic E-state index is -0.0144. The topological polar surface area (TPSA) is 52.1 Å². The van der Waals surface area contributed by atoms with Crippen molar-refractivity contribution in [2.45, 2.75) is 0 Å². The zero-order valence-corrected chi connectivity index (χ0v) is 14.1. The second kappa shape index (κ2) is 6.83. The number of rotatable bonds is 5. The molecule has 0 fully saturated rings. The van der Waals surface area contributed by atoms with Crippen molar-refractivity contribution in [3.63, 3.8) is 0 Å². The molecule has 4 rings (SSSR count). The number of hydrogen-bond donors (Lipinski definition) is 0. The van der Waals surface area contributed by atoms with Crippen LogP contribution in [-0.4, -0.2) is 22.4 Å². The van der Waals surface area contributed by atoms with Crippen LogP contribution in [0.15, 0.2) is 72.2 Å². The molecule has 25 heavy (non-hydrogen) atoms. The molecule has 122 valence electrons. The Bertz CT molecular complexity index is 1010. The van der Waals surface area contributed by atoms with Crippen LogP contribution in [0.4, 0.5) is 0 Å². The molecular weight excluding hydrogens is 332 g/mol. The van der Waals surface area contributed by atoms with Gasteiger partial charge in [-0.3, -0.25) is 9.78 Å². The Morgan fingerprint density at radius 3 is 2.52 bits per heavy atom. The highest BCUT2D eigenvalue weighted by Crippen LogP contribution is 2.22. The van der Waals surface area contributed by atoms with Crippen LogP contribution < -0.4 is 4.74 Å². The zero-order chi connectivity index (χ0) is 17.1. The van der Waals surface area contributed by atoms with Crippen LogP contribution in [0, 0.1) is 0 Å². The van der Waals surface area contributed by atoms with E-state index in [0.717, 1.165) is 22.3 Å². The maximum Gasteiger partial charge on any atom is 0.210 e. The number of hydrogen-bond acceptors (Lipinski definition) is 5. The number of para-hydroxylation sites is 2. The van der Waals surface area contributed by atoms with E-state index in [-0.39, 0.29) is 12.4 Å². The maximum atomic E-state index is 12.0. The van der Waals surface area contributed by atoms with Crippen LogP contribution in [-0.2, 0) is 0 Å². The fourth-order valence-electron chi connectivity index (χ4n) is 2.48. The smallest absolute Gasteiger partial charge is 0.210 e. The molecule has 2 heterocycles. The molecule has 2 aromatic carbocycles. The second-order valence-corrected chi connectivity index (χ2v) is 6.41. The number of thiophene rings is 1. The first-order chi connectivity index (χ1) is 12.3. The lowest BCUT2D eigenvalue weighted by molar-refractivity contribution is 0.0925. The van der Waals surface area contributed by atoms with Crippen molar-refractivity contribution in [1.82, 2.24) is 9.97 Å². The lowest BCUT2D eigenvalue weighted by atomic mass is 10.1. The van der Waals surface area contributed by atoms with E-state index in [1.54, 1.807) is 12.3 Å². The van der Waals surface area contributed by atoms with Gasteiger partial charge in [-0.2, -0.15) is 0 Å². The van der Waals surface area contributed by atoms with Crippen LogP contribution in [0.2, 0.25) is 0 Å². The third-order valence-corrected chi connectivity index (χ3v) is 4.68. The number of fused-ring (bicyclic) bond motifs is 1. The summed E-state index contributed by atoms with van der Waals surface area (Å²) in [6, 6.07) is 19.0. The molecule has 4 aromatic rings. The average molecular weight is 346 g/mol. The van der Waals surface area contributed by atoms with E-state index < -0.39 is 0 Å². The van der Waals surface area contributed by atoms with E-state index in [4.69, 9.17) is 4.74 Å². The highest BCUT2D eigenvalue weighted by atomic mass is 32.1. The summed E-state index contributed by atoms with van der Waals surface area (Å²) in [5.41, 5.74) is 3.50. The summed E-state index contributed by atoms with van der Waals surface area (Å²) >= 11 is 1.42. The molecular formula is C20H14N2O2S. The van der Waals surface area contributed by atoms with Gasteiger partial charge in [0.1, 0.15) is 5.75 Å². The van der Waals surface area contributed by atoms with Crippen molar-refractivity contribution in [2.24, 2.45) is 0 Å². The fourth-order valence-corrected chi connectivity index (χ4v) is 3.13. The van der Waals surface area contributed by atoms with E-state index in [9.17, 15) is 4.79 Å². The predicted molar refractivity (Wildman–Crippen MR) is 99.1 cm³/mol. The van der Waals surface area contributed by atoms with Crippen molar-refractivity contribution in [3.8, 4) is 17.0 Å². The normalized spacial score (nSPS) is 10.7. The molecule has 0 saturated carbocycles. The van der Waals surface area contributed by atoms with Gasteiger partial charge in [-0.05, 0) is 47.8 Å².